The molecule has 0 aromatic heterocycles. The summed E-state index contributed by atoms with van der Waals surface area (Å²) in [6, 6.07) is 4.59. The van der Waals surface area contributed by atoms with Crippen molar-refractivity contribution in [1.29, 1.82) is 0 Å². The molecule has 0 bridgehead atoms. The molecule has 1 heterocycles. The van der Waals surface area contributed by atoms with E-state index in [2.05, 4.69) is 52.1 Å². The smallest absolute Gasteiger partial charge is 0.0210 e. The van der Waals surface area contributed by atoms with E-state index in [0.29, 0.717) is 0 Å². The minimum Gasteiger partial charge on any atom is -0.315 e. The molecule has 0 amide bonds. The first kappa shape index (κ1) is 15.0. The van der Waals surface area contributed by atoms with Gasteiger partial charge in [-0.25, -0.2) is 0 Å². The van der Waals surface area contributed by atoms with Crippen LogP contribution in [-0.2, 0) is 6.42 Å². The Balaban J connectivity index is 1.83. The van der Waals surface area contributed by atoms with Crippen molar-refractivity contribution < 1.29 is 0 Å². The highest BCUT2D eigenvalue weighted by Gasteiger charge is 2.09. The van der Waals surface area contributed by atoms with Crippen LogP contribution < -0.4 is 5.32 Å². The van der Waals surface area contributed by atoms with E-state index < -0.39 is 0 Å². The predicted molar refractivity (Wildman–Crippen MR) is 85.9 cm³/mol. The zero-order chi connectivity index (χ0) is 13.7. The summed E-state index contributed by atoms with van der Waals surface area (Å²) in [5.74, 6) is 0. The number of hydrogen-bond acceptors (Lipinski definition) is 2. The van der Waals surface area contributed by atoms with E-state index in [1.165, 1.54) is 66.6 Å². The zero-order valence-electron chi connectivity index (χ0n) is 12.1. The van der Waals surface area contributed by atoms with Crippen LogP contribution in [0.25, 0.3) is 0 Å². The van der Waals surface area contributed by atoms with Gasteiger partial charge in [-0.15, -0.1) is 0 Å². The molecule has 1 N–H and O–H groups in total. The maximum Gasteiger partial charge on any atom is 0.0210 e. The van der Waals surface area contributed by atoms with Crippen molar-refractivity contribution in [1.82, 2.24) is 10.2 Å². The van der Waals surface area contributed by atoms with Crippen molar-refractivity contribution in [2.24, 2.45) is 0 Å². The summed E-state index contributed by atoms with van der Waals surface area (Å²) in [5, 5.41) is 3.46. The Kier molecular flexibility index (Phi) is 5.86. The SMILES string of the molecule is Cc1cc(Br)c(CCCN2CCCNCC2)cc1C. The Bertz CT molecular complexity index is 409. The quantitative estimate of drug-likeness (QED) is 0.914. The molecule has 106 valence electrons. The number of aryl methyl sites for hydroxylation is 3. The van der Waals surface area contributed by atoms with Gasteiger partial charge in [0, 0.05) is 17.6 Å². The molecule has 19 heavy (non-hydrogen) atoms. The van der Waals surface area contributed by atoms with Crippen molar-refractivity contribution >= 4 is 15.9 Å². The van der Waals surface area contributed by atoms with Crippen LogP contribution in [0, 0.1) is 13.8 Å². The monoisotopic (exact) mass is 324 g/mol. The minimum atomic E-state index is 1.15. The van der Waals surface area contributed by atoms with Crippen molar-refractivity contribution in [2.75, 3.05) is 32.7 Å². The Morgan fingerprint density at radius 1 is 1.16 bits per heavy atom. The maximum atomic E-state index is 3.70. The number of hydrogen-bond donors (Lipinski definition) is 1. The molecule has 0 unspecified atom stereocenters. The molecule has 1 fully saturated rings. The van der Waals surface area contributed by atoms with Gasteiger partial charge < -0.3 is 10.2 Å². The van der Waals surface area contributed by atoms with E-state index in [-0.39, 0.29) is 0 Å². The average Bonchev–Trinajstić information content (AvgIpc) is 2.64. The van der Waals surface area contributed by atoms with Crippen LogP contribution >= 0.6 is 15.9 Å². The molecule has 1 aromatic rings. The van der Waals surface area contributed by atoms with E-state index in [4.69, 9.17) is 0 Å². The van der Waals surface area contributed by atoms with Crippen LogP contribution in [0.4, 0.5) is 0 Å². The molecule has 2 nitrogen and oxygen atoms in total. The standard InChI is InChI=1S/C16H25BrN2/c1-13-11-15(16(17)12-14(13)2)5-3-8-19-9-4-6-18-7-10-19/h11-12,18H,3-10H2,1-2H3. The van der Waals surface area contributed by atoms with Gasteiger partial charge in [0.05, 0.1) is 0 Å². The first-order valence-electron chi connectivity index (χ1n) is 7.35. The van der Waals surface area contributed by atoms with Crippen molar-refractivity contribution in [2.45, 2.75) is 33.1 Å². The fraction of sp³-hybridized carbons (Fsp3) is 0.625. The zero-order valence-corrected chi connectivity index (χ0v) is 13.7. The Morgan fingerprint density at radius 2 is 1.95 bits per heavy atom. The molecule has 1 aliphatic rings. The van der Waals surface area contributed by atoms with Crippen LogP contribution in [0.2, 0.25) is 0 Å². The largest absolute Gasteiger partial charge is 0.315 e. The Labute approximate surface area is 125 Å². The summed E-state index contributed by atoms with van der Waals surface area (Å²) in [6.45, 7) is 10.4. The maximum absolute atomic E-state index is 3.70. The second-order valence-electron chi connectivity index (χ2n) is 5.58. The molecular formula is C16H25BrN2. The first-order valence-corrected chi connectivity index (χ1v) is 8.15. The van der Waals surface area contributed by atoms with E-state index in [1.54, 1.807) is 0 Å². The van der Waals surface area contributed by atoms with Crippen molar-refractivity contribution in [3.05, 3.63) is 33.3 Å². The van der Waals surface area contributed by atoms with E-state index >= 15 is 0 Å². The highest BCUT2D eigenvalue weighted by atomic mass is 79.9. The molecule has 0 spiro atoms. The minimum absolute atomic E-state index is 1.15. The molecule has 0 saturated carbocycles. The molecule has 0 atom stereocenters. The second-order valence-corrected chi connectivity index (χ2v) is 6.43. The van der Waals surface area contributed by atoms with Crippen molar-refractivity contribution in [3.63, 3.8) is 0 Å². The summed E-state index contributed by atoms with van der Waals surface area (Å²) in [4.78, 5) is 2.59. The summed E-state index contributed by atoms with van der Waals surface area (Å²) < 4.78 is 1.27. The molecule has 3 heteroatoms. The fourth-order valence-electron chi connectivity index (χ4n) is 2.65. The van der Waals surface area contributed by atoms with Gasteiger partial charge in [-0.05, 0) is 75.5 Å². The number of halogens is 1. The summed E-state index contributed by atoms with van der Waals surface area (Å²) in [7, 11) is 0. The van der Waals surface area contributed by atoms with Gasteiger partial charge >= 0.3 is 0 Å². The molecule has 0 radical (unpaired) electrons. The molecule has 2 rings (SSSR count). The van der Waals surface area contributed by atoms with Crippen LogP contribution in [0.3, 0.4) is 0 Å². The summed E-state index contributed by atoms with van der Waals surface area (Å²) >= 11 is 3.70. The normalized spacial score (nSPS) is 17.4. The fourth-order valence-corrected chi connectivity index (χ4v) is 3.31. The number of nitrogens with one attached hydrogen (secondary N) is 1. The molecular weight excluding hydrogens is 300 g/mol. The molecule has 0 aliphatic carbocycles. The van der Waals surface area contributed by atoms with Crippen LogP contribution in [-0.4, -0.2) is 37.6 Å². The lowest BCUT2D eigenvalue weighted by atomic mass is 10.0. The lowest BCUT2D eigenvalue weighted by molar-refractivity contribution is 0.289. The van der Waals surface area contributed by atoms with Crippen molar-refractivity contribution in [3.8, 4) is 0 Å². The first-order chi connectivity index (χ1) is 9.16. The highest BCUT2D eigenvalue weighted by Crippen LogP contribution is 2.22. The van der Waals surface area contributed by atoms with Gasteiger partial charge in [-0.3, -0.25) is 0 Å². The number of rotatable bonds is 4. The van der Waals surface area contributed by atoms with Crippen LogP contribution in [0.5, 0.6) is 0 Å². The highest BCUT2D eigenvalue weighted by molar-refractivity contribution is 9.10. The number of nitrogens with zero attached hydrogens (tertiary/aromatic N) is 1. The lowest BCUT2D eigenvalue weighted by Crippen LogP contribution is -2.29. The van der Waals surface area contributed by atoms with Gasteiger partial charge in [0.2, 0.25) is 0 Å². The van der Waals surface area contributed by atoms with Gasteiger partial charge in [-0.2, -0.15) is 0 Å². The van der Waals surface area contributed by atoms with E-state index in [0.717, 1.165) is 6.54 Å². The lowest BCUT2D eigenvalue weighted by Gasteiger charge is -2.19. The summed E-state index contributed by atoms with van der Waals surface area (Å²) in [6.07, 6.45) is 3.71. The van der Waals surface area contributed by atoms with Gasteiger partial charge in [0.15, 0.2) is 0 Å². The molecule has 1 saturated heterocycles. The van der Waals surface area contributed by atoms with Crippen LogP contribution in [0.1, 0.15) is 29.5 Å². The predicted octanol–water partition coefficient (Wildman–Crippen LogP) is 3.29. The van der Waals surface area contributed by atoms with Gasteiger partial charge in [0.1, 0.15) is 0 Å². The number of benzene rings is 1. The Morgan fingerprint density at radius 3 is 2.79 bits per heavy atom. The third-order valence-electron chi connectivity index (χ3n) is 4.02. The van der Waals surface area contributed by atoms with E-state index in [1.807, 2.05) is 0 Å². The third-order valence-corrected chi connectivity index (χ3v) is 4.75. The Hall–Kier alpha value is -0.380. The molecule has 1 aromatic carbocycles. The topological polar surface area (TPSA) is 15.3 Å². The van der Waals surface area contributed by atoms with Gasteiger partial charge in [-0.1, -0.05) is 22.0 Å². The summed E-state index contributed by atoms with van der Waals surface area (Å²) in [5.41, 5.74) is 4.22. The second kappa shape index (κ2) is 7.41. The van der Waals surface area contributed by atoms with Crippen LogP contribution in [0.15, 0.2) is 16.6 Å². The van der Waals surface area contributed by atoms with Gasteiger partial charge in [0.25, 0.3) is 0 Å². The van der Waals surface area contributed by atoms with E-state index in [9.17, 15) is 0 Å². The molecule has 1 aliphatic heterocycles. The third kappa shape index (κ3) is 4.59. The average molecular weight is 325 g/mol.